The van der Waals surface area contributed by atoms with Crippen molar-refractivity contribution in [2.45, 2.75) is 53.0 Å². The zero-order chi connectivity index (χ0) is 15.2. The predicted octanol–water partition coefficient (Wildman–Crippen LogP) is 3.10. The number of hydrogen-bond donors (Lipinski definition) is 1. The average Bonchev–Trinajstić information content (AvgIpc) is 2.96. The number of carbonyl (C=O) groups excluding carboxylic acids is 1. The highest BCUT2D eigenvalue weighted by molar-refractivity contribution is 5.79. The lowest BCUT2D eigenvalue weighted by atomic mass is 9.70. The van der Waals surface area contributed by atoms with E-state index in [1.807, 2.05) is 17.1 Å². The largest absolute Gasteiger partial charge is 0.356 e. The van der Waals surface area contributed by atoms with Crippen LogP contribution in [-0.4, -0.2) is 22.0 Å². The van der Waals surface area contributed by atoms with E-state index >= 15 is 0 Å². The Morgan fingerprint density at radius 1 is 1.43 bits per heavy atom. The molecule has 3 unspecified atom stereocenters. The summed E-state index contributed by atoms with van der Waals surface area (Å²) in [6, 6.07) is 0. The molecule has 1 amide bonds. The number of amides is 1. The lowest BCUT2D eigenvalue weighted by Gasteiger charge is -2.36. The van der Waals surface area contributed by atoms with E-state index in [1.165, 1.54) is 12.8 Å². The van der Waals surface area contributed by atoms with Crippen LogP contribution in [0.25, 0.3) is 0 Å². The smallest absolute Gasteiger partial charge is 0.223 e. The molecule has 1 N–H and O–H groups in total. The second kappa shape index (κ2) is 7.62. The van der Waals surface area contributed by atoms with E-state index in [-0.39, 0.29) is 11.8 Å². The molecule has 1 aliphatic rings. The van der Waals surface area contributed by atoms with E-state index in [1.54, 1.807) is 6.20 Å². The number of aryl methyl sites for hydroxylation is 1. The summed E-state index contributed by atoms with van der Waals surface area (Å²) in [6.07, 6.45) is 10.0. The van der Waals surface area contributed by atoms with Gasteiger partial charge in [0.25, 0.3) is 0 Å². The van der Waals surface area contributed by atoms with Gasteiger partial charge in [-0.1, -0.05) is 27.2 Å². The third-order valence-electron chi connectivity index (χ3n) is 4.81. The predicted molar refractivity (Wildman–Crippen MR) is 84.7 cm³/mol. The van der Waals surface area contributed by atoms with Crippen molar-refractivity contribution >= 4 is 5.91 Å². The first kappa shape index (κ1) is 16.1. The minimum atomic E-state index is 0.210. The number of nitrogens with one attached hydrogen (secondary N) is 1. The van der Waals surface area contributed by atoms with Gasteiger partial charge in [-0.25, -0.2) is 4.98 Å². The lowest BCUT2D eigenvalue weighted by Crippen LogP contribution is -2.40. The van der Waals surface area contributed by atoms with E-state index in [4.69, 9.17) is 0 Å². The van der Waals surface area contributed by atoms with Crippen molar-refractivity contribution in [3.8, 4) is 0 Å². The Morgan fingerprint density at radius 3 is 2.90 bits per heavy atom. The zero-order valence-corrected chi connectivity index (χ0v) is 13.6. The monoisotopic (exact) mass is 291 g/mol. The van der Waals surface area contributed by atoms with Crippen molar-refractivity contribution in [3.63, 3.8) is 0 Å². The zero-order valence-electron chi connectivity index (χ0n) is 13.6. The summed E-state index contributed by atoms with van der Waals surface area (Å²) in [5, 5.41) is 3.15. The second-order valence-corrected chi connectivity index (χ2v) is 6.88. The molecule has 1 aliphatic carbocycles. The van der Waals surface area contributed by atoms with Crippen molar-refractivity contribution < 1.29 is 4.79 Å². The van der Waals surface area contributed by atoms with Gasteiger partial charge in [-0.3, -0.25) is 4.79 Å². The van der Waals surface area contributed by atoms with Gasteiger partial charge in [-0.2, -0.15) is 0 Å². The van der Waals surface area contributed by atoms with Crippen LogP contribution < -0.4 is 5.32 Å². The number of carbonyl (C=O) groups is 1. The topological polar surface area (TPSA) is 46.9 Å². The fraction of sp³-hybridized carbons (Fsp3) is 0.765. The van der Waals surface area contributed by atoms with Crippen molar-refractivity contribution in [1.82, 2.24) is 14.9 Å². The maximum Gasteiger partial charge on any atom is 0.223 e. The van der Waals surface area contributed by atoms with Crippen LogP contribution in [0.15, 0.2) is 18.7 Å². The highest BCUT2D eigenvalue weighted by Crippen LogP contribution is 2.37. The maximum atomic E-state index is 12.5. The molecular weight excluding hydrogens is 262 g/mol. The fourth-order valence-electron chi connectivity index (χ4n) is 3.53. The molecule has 0 aliphatic heterocycles. The van der Waals surface area contributed by atoms with Gasteiger partial charge >= 0.3 is 0 Å². The van der Waals surface area contributed by atoms with Crippen molar-refractivity contribution in [3.05, 3.63) is 18.7 Å². The van der Waals surface area contributed by atoms with Gasteiger partial charge in [-0.15, -0.1) is 0 Å². The molecule has 3 atom stereocenters. The molecule has 4 heteroatoms. The first-order valence-electron chi connectivity index (χ1n) is 8.31. The molecule has 1 heterocycles. The number of rotatable bonds is 6. The molecule has 0 bridgehead atoms. The molecule has 0 spiro atoms. The standard InChI is InChI=1S/C17H29N3O/c1-13(2)15-6-5-14(3)11-16(15)17(21)19-7-4-9-20-10-8-18-12-20/h8,10,12-16H,4-7,9,11H2,1-3H3,(H,19,21). The van der Waals surface area contributed by atoms with Gasteiger partial charge in [0.2, 0.25) is 5.91 Å². The highest BCUT2D eigenvalue weighted by atomic mass is 16.1. The number of imidazole rings is 1. The van der Waals surface area contributed by atoms with E-state index in [0.29, 0.717) is 17.8 Å². The van der Waals surface area contributed by atoms with Crippen LogP contribution >= 0.6 is 0 Å². The molecule has 0 radical (unpaired) electrons. The van der Waals surface area contributed by atoms with Crippen molar-refractivity contribution in [2.24, 2.45) is 23.7 Å². The van der Waals surface area contributed by atoms with Gasteiger partial charge in [0, 0.05) is 31.4 Å². The van der Waals surface area contributed by atoms with Gasteiger partial charge in [0.1, 0.15) is 0 Å². The molecule has 21 heavy (non-hydrogen) atoms. The summed E-state index contributed by atoms with van der Waals surface area (Å²) in [4.78, 5) is 16.5. The lowest BCUT2D eigenvalue weighted by molar-refractivity contribution is -0.129. The van der Waals surface area contributed by atoms with Gasteiger partial charge in [-0.05, 0) is 37.0 Å². The van der Waals surface area contributed by atoms with Crippen LogP contribution in [0.4, 0.5) is 0 Å². The van der Waals surface area contributed by atoms with Crippen molar-refractivity contribution in [2.75, 3.05) is 6.54 Å². The summed E-state index contributed by atoms with van der Waals surface area (Å²) < 4.78 is 2.05. The van der Waals surface area contributed by atoms with Crippen molar-refractivity contribution in [1.29, 1.82) is 0 Å². The summed E-state index contributed by atoms with van der Waals surface area (Å²) in [7, 11) is 0. The molecule has 118 valence electrons. The Bertz CT molecular complexity index is 427. The Labute approximate surface area is 128 Å². The average molecular weight is 291 g/mol. The minimum absolute atomic E-state index is 0.210. The SMILES string of the molecule is CC1CCC(C(C)C)C(C(=O)NCCCn2ccnc2)C1. The number of hydrogen-bond acceptors (Lipinski definition) is 2. The summed E-state index contributed by atoms with van der Waals surface area (Å²) in [6.45, 7) is 8.44. The van der Waals surface area contributed by atoms with Gasteiger partial charge < -0.3 is 9.88 Å². The second-order valence-electron chi connectivity index (χ2n) is 6.88. The third-order valence-corrected chi connectivity index (χ3v) is 4.81. The van der Waals surface area contributed by atoms with Crippen LogP contribution in [0.5, 0.6) is 0 Å². The van der Waals surface area contributed by atoms with E-state index < -0.39 is 0 Å². The molecule has 0 saturated heterocycles. The molecule has 1 saturated carbocycles. The van der Waals surface area contributed by atoms with Crippen LogP contribution in [0.3, 0.4) is 0 Å². The van der Waals surface area contributed by atoms with Gasteiger partial charge in [0.05, 0.1) is 6.33 Å². The summed E-state index contributed by atoms with van der Waals surface area (Å²) in [5.74, 6) is 2.31. The normalized spacial score (nSPS) is 26.0. The van der Waals surface area contributed by atoms with Crippen LogP contribution in [0.1, 0.15) is 46.5 Å². The van der Waals surface area contributed by atoms with E-state index in [2.05, 4.69) is 31.1 Å². The van der Waals surface area contributed by atoms with E-state index in [9.17, 15) is 4.79 Å². The Balaban J connectivity index is 1.77. The Morgan fingerprint density at radius 2 is 2.24 bits per heavy atom. The quantitative estimate of drug-likeness (QED) is 0.819. The molecule has 1 fully saturated rings. The Kier molecular flexibility index (Phi) is 5.83. The van der Waals surface area contributed by atoms with Crippen LogP contribution in [0, 0.1) is 23.7 Å². The first-order valence-corrected chi connectivity index (χ1v) is 8.31. The maximum absolute atomic E-state index is 12.5. The molecule has 2 rings (SSSR count). The molecule has 0 aromatic carbocycles. The minimum Gasteiger partial charge on any atom is -0.356 e. The summed E-state index contributed by atoms with van der Waals surface area (Å²) in [5.41, 5.74) is 0. The molecule has 4 nitrogen and oxygen atoms in total. The number of aromatic nitrogens is 2. The Hall–Kier alpha value is -1.32. The van der Waals surface area contributed by atoms with Crippen LogP contribution in [0.2, 0.25) is 0 Å². The first-order chi connectivity index (χ1) is 10.1. The molecule has 1 aromatic heterocycles. The summed E-state index contributed by atoms with van der Waals surface area (Å²) >= 11 is 0. The molecule has 1 aromatic rings. The number of nitrogens with zero attached hydrogens (tertiary/aromatic N) is 2. The molecular formula is C17H29N3O. The fourth-order valence-corrected chi connectivity index (χ4v) is 3.53. The van der Waals surface area contributed by atoms with Gasteiger partial charge in [0.15, 0.2) is 0 Å². The highest BCUT2D eigenvalue weighted by Gasteiger charge is 2.35. The van der Waals surface area contributed by atoms with Crippen LogP contribution in [-0.2, 0) is 11.3 Å². The van der Waals surface area contributed by atoms with E-state index in [0.717, 1.165) is 25.9 Å². The third kappa shape index (κ3) is 4.58.